The molecule has 0 fully saturated rings. The standard InChI is InChI=1S/C14H16N2O3/c1-14(2,3)19-13(18)16-12-7-9-4-5-11(17)6-10(9)8-15-12/h4-8,17H,1-3H3,(H,15,16,18). The highest BCUT2D eigenvalue weighted by Gasteiger charge is 2.16. The molecule has 5 nitrogen and oxygen atoms in total. The van der Waals surface area contributed by atoms with Crippen LogP contribution in [-0.4, -0.2) is 21.8 Å². The lowest BCUT2D eigenvalue weighted by Crippen LogP contribution is -2.27. The number of nitrogens with one attached hydrogen (secondary N) is 1. The normalized spacial score (nSPS) is 11.3. The Labute approximate surface area is 111 Å². The Kier molecular flexibility index (Phi) is 3.29. The molecule has 2 rings (SSSR count). The third kappa shape index (κ3) is 3.58. The summed E-state index contributed by atoms with van der Waals surface area (Å²) in [6.45, 7) is 5.38. The fourth-order valence-electron chi connectivity index (χ4n) is 1.61. The predicted molar refractivity (Wildman–Crippen MR) is 73.3 cm³/mol. The van der Waals surface area contributed by atoms with Crippen molar-refractivity contribution in [3.63, 3.8) is 0 Å². The quantitative estimate of drug-likeness (QED) is 0.825. The zero-order valence-corrected chi connectivity index (χ0v) is 11.1. The van der Waals surface area contributed by atoms with Crippen molar-refractivity contribution in [2.45, 2.75) is 26.4 Å². The molecule has 0 aliphatic carbocycles. The third-order valence-corrected chi connectivity index (χ3v) is 2.33. The van der Waals surface area contributed by atoms with Gasteiger partial charge in [-0.15, -0.1) is 0 Å². The molecule has 0 saturated carbocycles. The van der Waals surface area contributed by atoms with Crippen molar-refractivity contribution in [1.29, 1.82) is 0 Å². The molecule has 1 aromatic carbocycles. The Morgan fingerprint density at radius 2 is 2.00 bits per heavy atom. The molecule has 0 radical (unpaired) electrons. The van der Waals surface area contributed by atoms with Crippen LogP contribution in [-0.2, 0) is 4.74 Å². The van der Waals surface area contributed by atoms with Gasteiger partial charge in [0.15, 0.2) is 0 Å². The lowest BCUT2D eigenvalue weighted by Gasteiger charge is -2.19. The van der Waals surface area contributed by atoms with E-state index in [0.717, 1.165) is 10.8 Å². The number of fused-ring (bicyclic) bond motifs is 1. The van der Waals surface area contributed by atoms with Gasteiger partial charge in [-0.05, 0) is 44.4 Å². The van der Waals surface area contributed by atoms with Crippen LogP contribution in [0.2, 0.25) is 0 Å². The number of ether oxygens (including phenoxy) is 1. The molecule has 5 heteroatoms. The molecule has 0 aliphatic heterocycles. The van der Waals surface area contributed by atoms with E-state index in [4.69, 9.17) is 4.74 Å². The van der Waals surface area contributed by atoms with E-state index >= 15 is 0 Å². The van der Waals surface area contributed by atoms with Crippen molar-refractivity contribution in [1.82, 2.24) is 4.98 Å². The van der Waals surface area contributed by atoms with Crippen molar-refractivity contribution in [3.8, 4) is 5.75 Å². The van der Waals surface area contributed by atoms with E-state index in [2.05, 4.69) is 10.3 Å². The minimum Gasteiger partial charge on any atom is -0.508 e. The van der Waals surface area contributed by atoms with Crippen LogP contribution in [0.4, 0.5) is 10.6 Å². The Morgan fingerprint density at radius 3 is 2.68 bits per heavy atom. The van der Waals surface area contributed by atoms with Crippen molar-refractivity contribution in [2.75, 3.05) is 5.32 Å². The molecule has 1 aromatic heterocycles. The number of phenolic OH excluding ortho intramolecular Hbond substituents is 1. The summed E-state index contributed by atoms with van der Waals surface area (Å²) in [6, 6.07) is 6.67. The maximum absolute atomic E-state index is 11.6. The molecule has 1 heterocycles. The van der Waals surface area contributed by atoms with Crippen LogP contribution in [0.15, 0.2) is 30.5 Å². The topological polar surface area (TPSA) is 71.5 Å². The summed E-state index contributed by atoms with van der Waals surface area (Å²) in [5, 5.41) is 13.6. The van der Waals surface area contributed by atoms with Gasteiger partial charge in [0.2, 0.25) is 0 Å². The number of anilines is 1. The second-order valence-corrected chi connectivity index (χ2v) is 5.23. The summed E-state index contributed by atoms with van der Waals surface area (Å²) >= 11 is 0. The van der Waals surface area contributed by atoms with Crippen LogP contribution in [0.3, 0.4) is 0 Å². The number of carbonyl (C=O) groups is 1. The molecular weight excluding hydrogens is 244 g/mol. The van der Waals surface area contributed by atoms with Crippen molar-refractivity contribution >= 4 is 22.7 Å². The van der Waals surface area contributed by atoms with Crippen LogP contribution < -0.4 is 5.32 Å². The van der Waals surface area contributed by atoms with E-state index in [0.29, 0.717) is 5.82 Å². The first-order valence-electron chi connectivity index (χ1n) is 5.92. The number of phenols is 1. The number of nitrogens with zero attached hydrogens (tertiary/aromatic N) is 1. The number of hydrogen-bond acceptors (Lipinski definition) is 4. The van der Waals surface area contributed by atoms with Gasteiger partial charge in [0.1, 0.15) is 17.2 Å². The van der Waals surface area contributed by atoms with E-state index in [1.165, 1.54) is 0 Å². The highest BCUT2D eigenvalue weighted by atomic mass is 16.6. The summed E-state index contributed by atoms with van der Waals surface area (Å²) in [5.74, 6) is 0.592. The number of carbonyl (C=O) groups excluding carboxylic acids is 1. The average Bonchev–Trinajstić information content (AvgIpc) is 2.26. The third-order valence-electron chi connectivity index (χ3n) is 2.33. The van der Waals surface area contributed by atoms with Gasteiger partial charge in [0.05, 0.1) is 0 Å². The molecule has 0 unspecified atom stereocenters. The van der Waals surface area contributed by atoms with Gasteiger partial charge in [0.25, 0.3) is 0 Å². The fourth-order valence-corrected chi connectivity index (χ4v) is 1.61. The van der Waals surface area contributed by atoms with Crippen LogP contribution in [0.1, 0.15) is 20.8 Å². The van der Waals surface area contributed by atoms with Gasteiger partial charge in [-0.2, -0.15) is 0 Å². The Bertz CT molecular complexity index is 618. The molecule has 2 N–H and O–H groups in total. The van der Waals surface area contributed by atoms with Crippen molar-refractivity contribution in [2.24, 2.45) is 0 Å². The van der Waals surface area contributed by atoms with E-state index in [1.54, 1.807) is 51.2 Å². The zero-order chi connectivity index (χ0) is 14.0. The predicted octanol–water partition coefficient (Wildman–Crippen LogP) is 3.29. The van der Waals surface area contributed by atoms with E-state index in [1.807, 2.05) is 0 Å². The summed E-state index contributed by atoms with van der Waals surface area (Å²) in [6.07, 6.45) is 1.04. The van der Waals surface area contributed by atoms with Gasteiger partial charge in [0, 0.05) is 11.6 Å². The minimum atomic E-state index is -0.549. The minimum absolute atomic E-state index is 0.183. The SMILES string of the molecule is CC(C)(C)OC(=O)Nc1cc2ccc(O)cc2cn1. The number of aromatic hydroxyl groups is 1. The Hall–Kier alpha value is -2.30. The maximum Gasteiger partial charge on any atom is 0.413 e. The first-order valence-corrected chi connectivity index (χ1v) is 5.92. The molecule has 0 spiro atoms. The lowest BCUT2D eigenvalue weighted by molar-refractivity contribution is 0.0635. The molecule has 0 saturated heterocycles. The van der Waals surface area contributed by atoms with Crippen LogP contribution in [0.5, 0.6) is 5.75 Å². The molecule has 19 heavy (non-hydrogen) atoms. The first-order chi connectivity index (χ1) is 8.83. The van der Waals surface area contributed by atoms with E-state index in [9.17, 15) is 9.90 Å². The van der Waals surface area contributed by atoms with Gasteiger partial charge in [-0.1, -0.05) is 6.07 Å². The van der Waals surface area contributed by atoms with E-state index < -0.39 is 11.7 Å². The number of pyridine rings is 1. The lowest BCUT2D eigenvalue weighted by atomic mass is 10.1. The summed E-state index contributed by atoms with van der Waals surface area (Å²) in [4.78, 5) is 15.7. The van der Waals surface area contributed by atoms with Gasteiger partial charge in [-0.3, -0.25) is 5.32 Å². The highest BCUT2D eigenvalue weighted by Crippen LogP contribution is 2.21. The van der Waals surface area contributed by atoms with Gasteiger partial charge < -0.3 is 9.84 Å². The molecule has 2 aromatic rings. The van der Waals surface area contributed by atoms with Crippen LogP contribution in [0.25, 0.3) is 10.8 Å². The number of rotatable bonds is 1. The molecular formula is C14H16N2O3. The summed E-state index contributed by atoms with van der Waals surface area (Å²) in [5.41, 5.74) is -0.549. The van der Waals surface area contributed by atoms with Crippen LogP contribution in [0, 0.1) is 0 Å². The summed E-state index contributed by atoms with van der Waals surface area (Å²) in [7, 11) is 0. The highest BCUT2D eigenvalue weighted by molar-refractivity contribution is 5.89. The molecule has 100 valence electrons. The second kappa shape index (κ2) is 4.76. The average molecular weight is 260 g/mol. The van der Waals surface area contributed by atoms with Crippen molar-refractivity contribution in [3.05, 3.63) is 30.5 Å². The molecule has 1 amide bonds. The largest absolute Gasteiger partial charge is 0.508 e. The number of hydrogen-bond donors (Lipinski definition) is 2. The smallest absolute Gasteiger partial charge is 0.413 e. The fraction of sp³-hybridized carbons (Fsp3) is 0.286. The monoisotopic (exact) mass is 260 g/mol. The van der Waals surface area contributed by atoms with Crippen LogP contribution >= 0.6 is 0 Å². The number of aromatic nitrogens is 1. The van der Waals surface area contributed by atoms with Crippen molar-refractivity contribution < 1.29 is 14.6 Å². The first kappa shape index (κ1) is 13.1. The maximum atomic E-state index is 11.6. The second-order valence-electron chi connectivity index (χ2n) is 5.23. The number of amides is 1. The Morgan fingerprint density at radius 1 is 1.26 bits per heavy atom. The van der Waals surface area contributed by atoms with Gasteiger partial charge >= 0.3 is 6.09 Å². The summed E-state index contributed by atoms with van der Waals surface area (Å²) < 4.78 is 5.14. The Balaban J connectivity index is 2.18. The molecule has 0 aliphatic rings. The zero-order valence-electron chi connectivity index (χ0n) is 11.1. The number of benzene rings is 1. The van der Waals surface area contributed by atoms with Gasteiger partial charge in [-0.25, -0.2) is 9.78 Å². The molecule has 0 bridgehead atoms. The van der Waals surface area contributed by atoms with E-state index in [-0.39, 0.29) is 5.75 Å². The molecule has 0 atom stereocenters.